The van der Waals surface area contributed by atoms with Gasteiger partial charge in [-0.1, -0.05) is 13.8 Å². The van der Waals surface area contributed by atoms with E-state index in [0.29, 0.717) is 5.92 Å². The summed E-state index contributed by atoms with van der Waals surface area (Å²) in [7, 11) is 3.54. The van der Waals surface area contributed by atoms with Gasteiger partial charge in [0.05, 0.1) is 6.10 Å². The average molecular weight is 338 g/mol. The van der Waals surface area contributed by atoms with Crippen LogP contribution < -0.4 is 5.32 Å². The molecule has 2 heterocycles. The SMILES string of the molecule is CC1CCN(C(=NCC(=O)N(C)C)NCC2CCCCO2)CC1C. The van der Waals surface area contributed by atoms with Crippen molar-refractivity contribution in [2.45, 2.75) is 45.6 Å². The number of aliphatic imine (C=N–C) groups is 1. The number of hydrogen-bond donors (Lipinski definition) is 1. The first-order valence-corrected chi connectivity index (χ1v) is 9.32. The molecule has 0 saturated carbocycles. The molecular formula is C18H34N4O2. The first kappa shape index (κ1) is 19.0. The van der Waals surface area contributed by atoms with Gasteiger partial charge in [0.15, 0.2) is 5.96 Å². The van der Waals surface area contributed by atoms with Crippen molar-refractivity contribution >= 4 is 11.9 Å². The molecule has 2 aliphatic heterocycles. The molecule has 6 heteroatoms. The zero-order chi connectivity index (χ0) is 17.5. The van der Waals surface area contributed by atoms with Crippen LogP contribution in [0.5, 0.6) is 0 Å². The summed E-state index contributed by atoms with van der Waals surface area (Å²) >= 11 is 0. The van der Waals surface area contributed by atoms with E-state index in [1.807, 2.05) is 0 Å². The Morgan fingerprint density at radius 3 is 2.67 bits per heavy atom. The van der Waals surface area contributed by atoms with Crippen LogP contribution in [0.4, 0.5) is 0 Å². The molecule has 3 atom stereocenters. The van der Waals surface area contributed by atoms with E-state index in [2.05, 4.69) is 29.1 Å². The fourth-order valence-electron chi connectivity index (χ4n) is 3.18. The minimum absolute atomic E-state index is 0.0293. The van der Waals surface area contributed by atoms with Gasteiger partial charge >= 0.3 is 0 Å². The predicted octanol–water partition coefficient (Wildman–Crippen LogP) is 1.57. The van der Waals surface area contributed by atoms with Crippen LogP contribution in [0.15, 0.2) is 4.99 Å². The van der Waals surface area contributed by atoms with Crippen LogP contribution >= 0.6 is 0 Å². The van der Waals surface area contributed by atoms with Crippen LogP contribution in [0.3, 0.4) is 0 Å². The highest BCUT2D eigenvalue weighted by atomic mass is 16.5. The van der Waals surface area contributed by atoms with E-state index in [1.54, 1.807) is 19.0 Å². The van der Waals surface area contributed by atoms with Gasteiger partial charge in [-0.3, -0.25) is 4.79 Å². The normalized spacial score (nSPS) is 28.6. The number of likely N-dealkylation sites (N-methyl/N-ethyl adjacent to an activating group) is 1. The number of amides is 1. The van der Waals surface area contributed by atoms with Crippen LogP contribution in [-0.4, -0.2) is 74.7 Å². The van der Waals surface area contributed by atoms with E-state index in [0.717, 1.165) is 51.0 Å². The van der Waals surface area contributed by atoms with E-state index in [-0.39, 0.29) is 18.6 Å². The summed E-state index contributed by atoms with van der Waals surface area (Å²) in [6, 6.07) is 0. The Balaban J connectivity index is 1.97. The maximum Gasteiger partial charge on any atom is 0.243 e. The van der Waals surface area contributed by atoms with Crippen molar-refractivity contribution in [1.82, 2.24) is 15.1 Å². The summed E-state index contributed by atoms with van der Waals surface area (Å²) in [5.74, 6) is 2.27. The minimum atomic E-state index is 0.0293. The highest BCUT2D eigenvalue weighted by Crippen LogP contribution is 2.22. The second kappa shape index (κ2) is 9.25. The highest BCUT2D eigenvalue weighted by molar-refractivity contribution is 5.85. The van der Waals surface area contributed by atoms with E-state index in [9.17, 15) is 4.79 Å². The third-order valence-electron chi connectivity index (χ3n) is 5.26. The lowest BCUT2D eigenvalue weighted by Crippen LogP contribution is -2.50. The molecule has 0 aromatic rings. The van der Waals surface area contributed by atoms with Crippen molar-refractivity contribution in [2.24, 2.45) is 16.8 Å². The topological polar surface area (TPSA) is 57.2 Å². The van der Waals surface area contributed by atoms with Crippen LogP contribution in [0.1, 0.15) is 39.5 Å². The van der Waals surface area contributed by atoms with Crippen molar-refractivity contribution in [2.75, 3.05) is 46.9 Å². The summed E-state index contributed by atoms with van der Waals surface area (Å²) < 4.78 is 5.81. The van der Waals surface area contributed by atoms with E-state index >= 15 is 0 Å². The van der Waals surface area contributed by atoms with Crippen molar-refractivity contribution in [3.63, 3.8) is 0 Å². The number of hydrogen-bond acceptors (Lipinski definition) is 3. The van der Waals surface area contributed by atoms with Crippen LogP contribution in [0.2, 0.25) is 0 Å². The minimum Gasteiger partial charge on any atom is -0.376 e. The third-order valence-corrected chi connectivity index (χ3v) is 5.26. The van der Waals surface area contributed by atoms with Gasteiger partial charge in [-0.2, -0.15) is 0 Å². The first-order chi connectivity index (χ1) is 11.5. The van der Waals surface area contributed by atoms with Gasteiger partial charge in [0.1, 0.15) is 6.54 Å². The quantitative estimate of drug-likeness (QED) is 0.624. The van der Waals surface area contributed by atoms with Gasteiger partial charge in [-0.05, 0) is 37.5 Å². The zero-order valence-electron chi connectivity index (χ0n) is 15.8. The predicted molar refractivity (Wildman–Crippen MR) is 97.1 cm³/mol. The Hall–Kier alpha value is -1.30. The van der Waals surface area contributed by atoms with Gasteiger partial charge in [0.2, 0.25) is 5.91 Å². The van der Waals surface area contributed by atoms with Gasteiger partial charge in [0.25, 0.3) is 0 Å². The fraction of sp³-hybridized carbons (Fsp3) is 0.889. The molecule has 1 N–H and O–H groups in total. The number of nitrogens with one attached hydrogen (secondary N) is 1. The second-order valence-corrected chi connectivity index (χ2v) is 7.49. The summed E-state index contributed by atoms with van der Waals surface area (Å²) in [6.07, 6.45) is 4.93. The molecule has 24 heavy (non-hydrogen) atoms. The largest absolute Gasteiger partial charge is 0.376 e. The molecule has 2 rings (SSSR count). The monoisotopic (exact) mass is 338 g/mol. The lowest BCUT2D eigenvalue weighted by atomic mass is 9.89. The molecule has 2 aliphatic rings. The van der Waals surface area contributed by atoms with E-state index in [1.165, 1.54) is 12.8 Å². The molecule has 0 bridgehead atoms. The molecule has 3 unspecified atom stereocenters. The average Bonchev–Trinajstić information content (AvgIpc) is 2.58. The molecule has 0 spiro atoms. The number of nitrogens with zero attached hydrogens (tertiary/aromatic N) is 3. The zero-order valence-corrected chi connectivity index (χ0v) is 15.8. The number of ether oxygens (including phenoxy) is 1. The highest BCUT2D eigenvalue weighted by Gasteiger charge is 2.25. The van der Waals surface area contributed by atoms with Crippen LogP contribution in [-0.2, 0) is 9.53 Å². The molecule has 0 aromatic carbocycles. The molecule has 138 valence electrons. The Bertz CT molecular complexity index is 433. The number of rotatable bonds is 4. The summed E-state index contributed by atoms with van der Waals surface area (Å²) in [5.41, 5.74) is 0. The number of carbonyl (C=O) groups excluding carboxylic acids is 1. The Labute approximate surface area is 146 Å². The van der Waals surface area contributed by atoms with E-state index in [4.69, 9.17) is 4.74 Å². The molecule has 0 aliphatic carbocycles. The Kier molecular flexibility index (Phi) is 7.34. The van der Waals surface area contributed by atoms with Crippen molar-refractivity contribution < 1.29 is 9.53 Å². The van der Waals surface area contributed by atoms with Crippen molar-refractivity contribution in [1.29, 1.82) is 0 Å². The van der Waals surface area contributed by atoms with Gasteiger partial charge in [-0.15, -0.1) is 0 Å². The Morgan fingerprint density at radius 2 is 2.04 bits per heavy atom. The molecule has 6 nitrogen and oxygen atoms in total. The molecule has 0 radical (unpaired) electrons. The fourth-order valence-corrected chi connectivity index (χ4v) is 3.18. The second-order valence-electron chi connectivity index (χ2n) is 7.49. The van der Waals surface area contributed by atoms with Crippen LogP contribution in [0.25, 0.3) is 0 Å². The van der Waals surface area contributed by atoms with Gasteiger partial charge in [-0.25, -0.2) is 4.99 Å². The number of piperidine rings is 1. The third kappa shape index (κ3) is 5.65. The van der Waals surface area contributed by atoms with Crippen LogP contribution in [0, 0.1) is 11.8 Å². The first-order valence-electron chi connectivity index (χ1n) is 9.32. The molecule has 1 amide bonds. The lowest BCUT2D eigenvalue weighted by molar-refractivity contribution is -0.127. The number of guanidine groups is 1. The number of likely N-dealkylation sites (tertiary alicyclic amines) is 1. The molecule has 0 aromatic heterocycles. The maximum absolute atomic E-state index is 11.9. The van der Waals surface area contributed by atoms with Crippen molar-refractivity contribution in [3.05, 3.63) is 0 Å². The van der Waals surface area contributed by atoms with Gasteiger partial charge < -0.3 is 19.9 Å². The van der Waals surface area contributed by atoms with E-state index < -0.39 is 0 Å². The van der Waals surface area contributed by atoms with Gasteiger partial charge in [0, 0.05) is 40.3 Å². The molecular weight excluding hydrogens is 304 g/mol. The summed E-state index contributed by atoms with van der Waals surface area (Å²) in [5, 5.41) is 3.47. The number of carbonyl (C=O) groups is 1. The smallest absolute Gasteiger partial charge is 0.243 e. The summed E-state index contributed by atoms with van der Waals surface area (Å²) in [6.45, 7) is 8.43. The summed E-state index contributed by atoms with van der Waals surface area (Å²) in [4.78, 5) is 20.4. The molecule has 2 saturated heterocycles. The molecule has 2 fully saturated rings. The standard InChI is InChI=1S/C18H34N4O2/c1-14-8-9-22(13-15(14)2)18(20-12-17(23)21(3)4)19-11-16-7-5-6-10-24-16/h14-16H,5-13H2,1-4H3,(H,19,20). The Morgan fingerprint density at radius 1 is 1.25 bits per heavy atom. The lowest BCUT2D eigenvalue weighted by Gasteiger charge is -2.37. The maximum atomic E-state index is 11.9. The van der Waals surface area contributed by atoms with Crippen molar-refractivity contribution in [3.8, 4) is 0 Å².